The Labute approximate surface area is 116 Å². The monoisotopic (exact) mass is 284 g/mol. The molecule has 0 unspecified atom stereocenters. The smallest absolute Gasteiger partial charge is 0.264 e. The van der Waals surface area contributed by atoms with Gasteiger partial charge in [0.15, 0.2) is 11.5 Å². The molecule has 0 bridgehead atoms. The number of halogens is 2. The van der Waals surface area contributed by atoms with Crippen molar-refractivity contribution in [3.05, 3.63) is 23.3 Å². The van der Waals surface area contributed by atoms with Gasteiger partial charge in [-0.15, -0.1) is 0 Å². The second-order valence-electron chi connectivity index (χ2n) is 5.02. The van der Waals surface area contributed by atoms with Crippen molar-refractivity contribution < 1.29 is 18.3 Å². The number of nitrogens with one attached hydrogen (secondary N) is 1. The predicted molar refractivity (Wildman–Crippen MR) is 70.5 cm³/mol. The van der Waals surface area contributed by atoms with Gasteiger partial charge >= 0.3 is 0 Å². The lowest BCUT2D eigenvalue weighted by Gasteiger charge is -2.29. The van der Waals surface area contributed by atoms with Crippen LogP contribution in [0.25, 0.3) is 0 Å². The molecule has 0 spiro atoms. The van der Waals surface area contributed by atoms with Crippen molar-refractivity contribution in [3.8, 4) is 11.5 Å². The summed E-state index contributed by atoms with van der Waals surface area (Å²) in [5.41, 5.74) is 0.680. The summed E-state index contributed by atoms with van der Waals surface area (Å²) >= 11 is 0. The van der Waals surface area contributed by atoms with Crippen molar-refractivity contribution in [2.24, 2.45) is 0 Å². The summed E-state index contributed by atoms with van der Waals surface area (Å²) in [5, 5.41) is 3.25. The lowest BCUT2D eigenvalue weighted by Crippen LogP contribution is -2.43. The molecule has 2 heterocycles. The normalized spacial score (nSPS) is 19.4. The van der Waals surface area contributed by atoms with Crippen molar-refractivity contribution in [1.29, 1.82) is 0 Å². The molecule has 0 aliphatic carbocycles. The average Bonchev–Trinajstić information content (AvgIpc) is 2.47. The van der Waals surface area contributed by atoms with Crippen LogP contribution in [0.1, 0.15) is 17.6 Å². The van der Waals surface area contributed by atoms with Gasteiger partial charge in [-0.2, -0.15) is 0 Å². The standard InChI is InChI=1S/C14H18F2N2O2/c15-14(16)11-8-13-12(19-5-6-20-13)7-10(11)9-18-3-1-17-2-4-18/h7-8,14,17H,1-6,9H2. The second-order valence-corrected chi connectivity index (χ2v) is 5.02. The number of piperazine rings is 1. The first kappa shape index (κ1) is 13.6. The van der Waals surface area contributed by atoms with E-state index in [9.17, 15) is 8.78 Å². The Balaban J connectivity index is 1.86. The molecule has 1 N–H and O–H groups in total. The van der Waals surface area contributed by atoms with Crippen molar-refractivity contribution in [2.45, 2.75) is 13.0 Å². The Bertz CT molecular complexity index is 476. The summed E-state index contributed by atoms with van der Waals surface area (Å²) in [5.74, 6) is 1.00. The third-order valence-electron chi connectivity index (χ3n) is 3.64. The third kappa shape index (κ3) is 2.86. The predicted octanol–water partition coefficient (Wildman–Crippen LogP) is 1.80. The highest BCUT2D eigenvalue weighted by molar-refractivity contribution is 5.48. The van der Waals surface area contributed by atoms with Crippen LogP contribution in [0, 0.1) is 0 Å². The Morgan fingerprint density at radius 2 is 1.75 bits per heavy atom. The molecule has 4 nitrogen and oxygen atoms in total. The van der Waals surface area contributed by atoms with Crippen molar-refractivity contribution in [2.75, 3.05) is 39.4 Å². The maximum atomic E-state index is 13.2. The zero-order chi connectivity index (χ0) is 13.9. The molecule has 20 heavy (non-hydrogen) atoms. The number of fused-ring (bicyclic) bond motifs is 1. The Morgan fingerprint density at radius 1 is 1.10 bits per heavy atom. The fourth-order valence-electron chi connectivity index (χ4n) is 2.60. The lowest BCUT2D eigenvalue weighted by atomic mass is 10.1. The maximum absolute atomic E-state index is 13.2. The van der Waals surface area contributed by atoms with E-state index in [1.165, 1.54) is 6.07 Å². The van der Waals surface area contributed by atoms with E-state index in [2.05, 4.69) is 10.2 Å². The highest BCUT2D eigenvalue weighted by atomic mass is 19.3. The molecule has 1 aromatic rings. The number of nitrogens with zero attached hydrogens (tertiary/aromatic N) is 1. The van der Waals surface area contributed by atoms with Crippen LogP contribution < -0.4 is 14.8 Å². The molecule has 0 aromatic heterocycles. The van der Waals surface area contributed by atoms with Crippen LogP contribution in [0.5, 0.6) is 11.5 Å². The summed E-state index contributed by atoms with van der Waals surface area (Å²) in [7, 11) is 0. The van der Waals surface area contributed by atoms with Gasteiger partial charge in [-0.25, -0.2) is 8.78 Å². The van der Waals surface area contributed by atoms with E-state index in [1.807, 2.05) is 0 Å². The topological polar surface area (TPSA) is 33.7 Å². The van der Waals surface area contributed by atoms with Crippen molar-refractivity contribution in [3.63, 3.8) is 0 Å². The SMILES string of the molecule is FC(F)c1cc2c(cc1CN1CCNCC1)OCCO2. The van der Waals surface area contributed by atoms with E-state index < -0.39 is 6.43 Å². The molecule has 0 atom stereocenters. The summed E-state index contributed by atoms with van der Waals surface area (Å²) < 4.78 is 37.3. The average molecular weight is 284 g/mol. The molecule has 1 saturated heterocycles. The number of rotatable bonds is 3. The van der Waals surface area contributed by atoms with Crippen LogP contribution in [-0.4, -0.2) is 44.3 Å². The van der Waals surface area contributed by atoms with Crippen molar-refractivity contribution in [1.82, 2.24) is 10.2 Å². The molecule has 0 saturated carbocycles. The largest absolute Gasteiger partial charge is 0.486 e. The number of benzene rings is 1. The summed E-state index contributed by atoms with van der Waals surface area (Å²) in [6.45, 7) is 4.94. The molecule has 2 aliphatic rings. The highest BCUT2D eigenvalue weighted by Gasteiger charge is 2.22. The molecule has 0 amide bonds. The minimum atomic E-state index is -2.50. The zero-order valence-electron chi connectivity index (χ0n) is 11.2. The summed E-state index contributed by atoms with van der Waals surface area (Å²) in [6.07, 6.45) is -2.50. The molecule has 110 valence electrons. The molecule has 3 rings (SSSR count). The van der Waals surface area contributed by atoms with Crippen LogP contribution in [0.2, 0.25) is 0 Å². The summed E-state index contributed by atoms with van der Waals surface area (Å²) in [4.78, 5) is 2.17. The van der Waals surface area contributed by atoms with Crippen LogP contribution in [0.15, 0.2) is 12.1 Å². The van der Waals surface area contributed by atoms with Gasteiger partial charge in [-0.3, -0.25) is 4.90 Å². The van der Waals surface area contributed by atoms with E-state index in [0.717, 1.165) is 26.2 Å². The third-order valence-corrected chi connectivity index (χ3v) is 3.64. The van der Waals surface area contributed by atoms with E-state index in [-0.39, 0.29) is 5.56 Å². The van der Waals surface area contributed by atoms with E-state index in [4.69, 9.17) is 9.47 Å². The molecule has 1 aromatic carbocycles. The van der Waals surface area contributed by atoms with Gasteiger partial charge in [0.2, 0.25) is 0 Å². The van der Waals surface area contributed by atoms with Gasteiger partial charge in [-0.1, -0.05) is 0 Å². The molecular formula is C14H18F2N2O2. The van der Waals surface area contributed by atoms with Gasteiger partial charge in [0.25, 0.3) is 6.43 Å². The lowest BCUT2D eigenvalue weighted by molar-refractivity contribution is 0.142. The minimum absolute atomic E-state index is 0.0489. The van der Waals surface area contributed by atoms with Crippen LogP contribution in [-0.2, 0) is 6.54 Å². The van der Waals surface area contributed by atoms with Crippen LogP contribution >= 0.6 is 0 Å². The highest BCUT2D eigenvalue weighted by Crippen LogP contribution is 2.37. The summed E-state index contributed by atoms with van der Waals surface area (Å²) in [6, 6.07) is 3.13. The fraction of sp³-hybridized carbons (Fsp3) is 0.571. The Kier molecular flexibility index (Phi) is 4.03. The molecule has 0 radical (unpaired) electrons. The molecule has 1 fully saturated rings. The first-order valence-corrected chi connectivity index (χ1v) is 6.87. The number of hydrogen-bond donors (Lipinski definition) is 1. The van der Waals surface area contributed by atoms with E-state index in [0.29, 0.717) is 36.8 Å². The molecule has 2 aliphatic heterocycles. The number of ether oxygens (including phenoxy) is 2. The van der Waals surface area contributed by atoms with E-state index >= 15 is 0 Å². The quantitative estimate of drug-likeness (QED) is 0.917. The molecule has 6 heteroatoms. The van der Waals surface area contributed by atoms with Gasteiger partial charge in [-0.05, 0) is 17.7 Å². The first-order chi connectivity index (χ1) is 9.74. The van der Waals surface area contributed by atoms with Crippen LogP contribution in [0.3, 0.4) is 0 Å². The first-order valence-electron chi connectivity index (χ1n) is 6.87. The fourth-order valence-corrected chi connectivity index (χ4v) is 2.60. The number of hydrogen-bond acceptors (Lipinski definition) is 4. The Morgan fingerprint density at radius 3 is 2.40 bits per heavy atom. The maximum Gasteiger partial charge on any atom is 0.264 e. The van der Waals surface area contributed by atoms with Gasteiger partial charge in [0.05, 0.1) is 0 Å². The van der Waals surface area contributed by atoms with Gasteiger partial charge < -0.3 is 14.8 Å². The minimum Gasteiger partial charge on any atom is -0.486 e. The molecular weight excluding hydrogens is 266 g/mol. The van der Waals surface area contributed by atoms with Crippen LogP contribution in [0.4, 0.5) is 8.78 Å². The Hall–Kier alpha value is -1.40. The van der Waals surface area contributed by atoms with E-state index in [1.54, 1.807) is 6.07 Å². The van der Waals surface area contributed by atoms with Gasteiger partial charge in [0.1, 0.15) is 13.2 Å². The van der Waals surface area contributed by atoms with Gasteiger partial charge in [0, 0.05) is 38.3 Å². The second kappa shape index (κ2) is 5.93. The van der Waals surface area contributed by atoms with Crippen molar-refractivity contribution >= 4 is 0 Å². The number of alkyl halides is 2. The zero-order valence-corrected chi connectivity index (χ0v) is 11.2.